The normalized spacial score (nSPS) is 15.8. The van der Waals surface area contributed by atoms with Gasteiger partial charge in [0.25, 0.3) is 5.91 Å². The summed E-state index contributed by atoms with van der Waals surface area (Å²) in [5, 5.41) is 3.20. The van der Waals surface area contributed by atoms with Gasteiger partial charge in [0.2, 0.25) is 11.5 Å². The number of carbonyl (C=O) groups is 2. The van der Waals surface area contributed by atoms with Crippen LogP contribution in [0, 0.1) is 0 Å². The zero-order valence-corrected chi connectivity index (χ0v) is 11.1. The van der Waals surface area contributed by atoms with Crippen LogP contribution in [-0.2, 0) is 4.79 Å². The summed E-state index contributed by atoms with van der Waals surface area (Å²) in [7, 11) is 0. The first-order chi connectivity index (χ1) is 9.58. The van der Waals surface area contributed by atoms with Crippen molar-refractivity contribution in [3.05, 3.63) is 34.2 Å². The van der Waals surface area contributed by atoms with Gasteiger partial charge >= 0.3 is 0 Å². The first-order valence-corrected chi connectivity index (χ1v) is 6.56. The molecule has 0 atom stereocenters. The van der Waals surface area contributed by atoms with Crippen molar-refractivity contribution in [1.29, 1.82) is 0 Å². The standard InChI is InChI=1S/C13H18N4O3/c14-11(18)8-17(10-2-4-15-5-3-10)13(20)9-1-6-16-12(19)7-9/h1,6-7,10,15H,2-5,8H2,(H2,14,18)(H,16,19). The highest BCUT2D eigenvalue weighted by atomic mass is 16.2. The van der Waals surface area contributed by atoms with Crippen LogP contribution in [0.1, 0.15) is 23.2 Å². The molecule has 7 nitrogen and oxygen atoms in total. The first kappa shape index (κ1) is 14.3. The minimum Gasteiger partial charge on any atom is -0.368 e. The molecule has 0 bridgehead atoms. The molecule has 0 spiro atoms. The fourth-order valence-corrected chi connectivity index (χ4v) is 2.40. The van der Waals surface area contributed by atoms with E-state index in [1.807, 2.05) is 0 Å². The number of H-pyrrole nitrogens is 1. The Balaban J connectivity index is 2.23. The van der Waals surface area contributed by atoms with E-state index in [0.717, 1.165) is 25.9 Å². The van der Waals surface area contributed by atoms with Crippen molar-refractivity contribution >= 4 is 11.8 Å². The number of aromatic amines is 1. The number of piperidine rings is 1. The number of nitrogens with zero attached hydrogens (tertiary/aromatic N) is 1. The van der Waals surface area contributed by atoms with Crippen LogP contribution in [0.25, 0.3) is 0 Å². The van der Waals surface area contributed by atoms with Gasteiger partial charge in [-0.3, -0.25) is 14.4 Å². The molecule has 4 N–H and O–H groups in total. The van der Waals surface area contributed by atoms with Crippen molar-refractivity contribution in [2.24, 2.45) is 5.73 Å². The van der Waals surface area contributed by atoms with Gasteiger partial charge < -0.3 is 20.9 Å². The lowest BCUT2D eigenvalue weighted by Crippen LogP contribution is -2.49. The zero-order chi connectivity index (χ0) is 14.5. The van der Waals surface area contributed by atoms with E-state index in [0.29, 0.717) is 0 Å². The maximum absolute atomic E-state index is 12.5. The van der Waals surface area contributed by atoms with Gasteiger partial charge in [0.15, 0.2) is 0 Å². The molecule has 1 fully saturated rings. The molecule has 1 aromatic heterocycles. The molecule has 7 heteroatoms. The van der Waals surface area contributed by atoms with Crippen LogP contribution >= 0.6 is 0 Å². The molecule has 1 aliphatic heterocycles. The molecule has 1 aromatic rings. The number of nitrogens with two attached hydrogens (primary N) is 1. The molecule has 2 heterocycles. The van der Waals surface area contributed by atoms with Crippen molar-refractivity contribution < 1.29 is 9.59 Å². The molecule has 20 heavy (non-hydrogen) atoms. The van der Waals surface area contributed by atoms with Crippen LogP contribution in [0.2, 0.25) is 0 Å². The van der Waals surface area contributed by atoms with E-state index in [2.05, 4.69) is 10.3 Å². The maximum Gasteiger partial charge on any atom is 0.254 e. The summed E-state index contributed by atoms with van der Waals surface area (Å²) in [6, 6.07) is 2.73. The topological polar surface area (TPSA) is 108 Å². The molecule has 0 aliphatic carbocycles. The quantitative estimate of drug-likeness (QED) is 0.660. The highest BCUT2D eigenvalue weighted by Crippen LogP contribution is 2.14. The van der Waals surface area contributed by atoms with Crippen LogP contribution in [0.15, 0.2) is 23.1 Å². The van der Waals surface area contributed by atoms with Crippen LogP contribution in [0.3, 0.4) is 0 Å². The fourth-order valence-electron chi connectivity index (χ4n) is 2.40. The van der Waals surface area contributed by atoms with E-state index in [4.69, 9.17) is 5.73 Å². The lowest BCUT2D eigenvalue weighted by atomic mass is 10.0. The maximum atomic E-state index is 12.5. The Morgan fingerprint density at radius 1 is 1.35 bits per heavy atom. The van der Waals surface area contributed by atoms with E-state index >= 15 is 0 Å². The average Bonchev–Trinajstić information content (AvgIpc) is 2.45. The predicted octanol–water partition coefficient (Wildman–Crippen LogP) is -0.946. The van der Waals surface area contributed by atoms with Crippen molar-refractivity contribution in [1.82, 2.24) is 15.2 Å². The highest BCUT2D eigenvalue weighted by molar-refractivity contribution is 5.96. The Hall–Kier alpha value is -2.15. The minimum atomic E-state index is -0.554. The fraction of sp³-hybridized carbons (Fsp3) is 0.462. The summed E-state index contributed by atoms with van der Waals surface area (Å²) < 4.78 is 0. The molecule has 2 rings (SSSR count). The lowest BCUT2D eigenvalue weighted by Gasteiger charge is -2.33. The van der Waals surface area contributed by atoms with E-state index in [9.17, 15) is 14.4 Å². The Morgan fingerprint density at radius 3 is 2.65 bits per heavy atom. The SMILES string of the molecule is NC(=O)CN(C(=O)c1cc[nH]c(=O)c1)C1CCNCC1. The van der Waals surface area contributed by atoms with Gasteiger partial charge in [-0.2, -0.15) is 0 Å². The van der Waals surface area contributed by atoms with Crippen LogP contribution in [-0.4, -0.2) is 47.4 Å². The number of rotatable bonds is 4. The number of carbonyl (C=O) groups excluding carboxylic acids is 2. The summed E-state index contributed by atoms with van der Waals surface area (Å²) >= 11 is 0. The number of primary amides is 1. The van der Waals surface area contributed by atoms with E-state index in [1.54, 1.807) is 0 Å². The summed E-state index contributed by atoms with van der Waals surface area (Å²) in [4.78, 5) is 38.9. The number of nitrogens with one attached hydrogen (secondary N) is 2. The summed E-state index contributed by atoms with van der Waals surface area (Å²) in [6.45, 7) is 1.46. The minimum absolute atomic E-state index is 0.0319. The third-order valence-corrected chi connectivity index (χ3v) is 3.36. The average molecular weight is 278 g/mol. The van der Waals surface area contributed by atoms with E-state index < -0.39 is 5.91 Å². The second-order valence-electron chi connectivity index (χ2n) is 4.82. The van der Waals surface area contributed by atoms with Crippen LogP contribution in [0.5, 0.6) is 0 Å². The predicted molar refractivity (Wildman–Crippen MR) is 73.2 cm³/mol. The van der Waals surface area contributed by atoms with Crippen molar-refractivity contribution in [2.75, 3.05) is 19.6 Å². The third-order valence-electron chi connectivity index (χ3n) is 3.36. The molecule has 108 valence electrons. The largest absolute Gasteiger partial charge is 0.368 e. The van der Waals surface area contributed by atoms with Gasteiger partial charge in [0.05, 0.1) is 6.54 Å². The molecule has 1 aliphatic rings. The van der Waals surface area contributed by atoms with E-state index in [1.165, 1.54) is 23.2 Å². The van der Waals surface area contributed by atoms with E-state index in [-0.39, 0.29) is 29.6 Å². The molecule has 0 saturated carbocycles. The number of hydrogen-bond acceptors (Lipinski definition) is 4. The highest BCUT2D eigenvalue weighted by Gasteiger charge is 2.27. The molecular formula is C13H18N4O3. The van der Waals surface area contributed by atoms with Gasteiger partial charge in [-0.1, -0.05) is 0 Å². The summed E-state index contributed by atoms with van der Waals surface area (Å²) in [6.07, 6.45) is 2.95. The molecule has 2 amide bonds. The van der Waals surface area contributed by atoms with Crippen LogP contribution < -0.4 is 16.6 Å². The van der Waals surface area contributed by atoms with Gasteiger partial charge in [-0.15, -0.1) is 0 Å². The molecule has 0 aromatic carbocycles. The van der Waals surface area contributed by atoms with Gasteiger partial charge in [0.1, 0.15) is 0 Å². The van der Waals surface area contributed by atoms with Gasteiger partial charge in [-0.05, 0) is 32.0 Å². The number of aromatic nitrogens is 1. The number of hydrogen-bond donors (Lipinski definition) is 3. The Morgan fingerprint density at radius 2 is 2.05 bits per heavy atom. The van der Waals surface area contributed by atoms with Gasteiger partial charge in [-0.25, -0.2) is 0 Å². The smallest absolute Gasteiger partial charge is 0.254 e. The third kappa shape index (κ3) is 3.45. The summed E-state index contributed by atoms with van der Waals surface area (Å²) in [5.41, 5.74) is 5.15. The zero-order valence-electron chi connectivity index (χ0n) is 11.1. The Bertz CT molecular complexity index is 549. The van der Waals surface area contributed by atoms with Crippen molar-refractivity contribution in [2.45, 2.75) is 18.9 Å². The second-order valence-corrected chi connectivity index (χ2v) is 4.82. The van der Waals surface area contributed by atoms with Gasteiger partial charge in [0, 0.05) is 23.9 Å². The summed E-state index contributed by atoms with van der Waals surface area (Å²) in [5.74, 6) is -0.886. The molecule has 1 saturated heterocycles. The van der Waals surface area contributed by atoms with Crippen molar-refractivity contribution in [3.8, 4) is 0 Å². The Labute approximate surface area is 116 Å². The molecular weight excluding hydrogens is 260 g/mol. The second kappa shape index (κ2) is 6.33. The molecule has 0 radical (unpaired) electrons. The monoisotopic (exact) mass is 278 g/mol. The Kier molecular flexibility index (Phi) is 4.52. The van der Waals surface area contributed by atoms with Crippen LogP contribution in [0.4, 0.5) is 0 Å². The number of pyridine rings is 1. The lowest BCUT2D eigenvalue weighted by molar-refractivity contribution is -0.119. The number of amides is 2. The molecule has 0 unspecified atom stereocenters. The van der Waals surface area contributed by atoms with Crippen molar-refractivity contribution in [3.63, 3.8) is 0 Å². The first-order valence-electron chi connectivity index (χ1n) is 6.56.